The minimum absolute atomic E-state index is 0.848. The third-order valence-corrected chi connectivity index (χ3v) is 1.39. The van der Waals surface area contributed by atoms with Crippen LogP contribution in [0.3, 0.4) is 0 Å². The number of rotatable bonds is 4. The maximum atomic E-state index is 12.2. The third kappa shape index (κ3) is 2.28. The van der Waals surface area contributed by atoms with Gasteiger partial charge in [-0.05, 0) is 0 Å². The summed E-state index contributed by atoms with van der Waals surface area (Å²) in [5, 5.41) is 0. The fourth-order valence-corrected chi connectivity index (χ4v) is 0.556. The van der Waals surface area contributed by atoms with E-state index in [9.17, 15) is 26.3 Å². The molecule has 1 atom stereocenters. The zero-order chi connectivity index (χ0) is 9.99. The van der Waals surface area contributed by atoms with E-state index < -0.39 is 31.1 Å². The van der Waals surface area contributed by atoms with E-state index in [0.29, 0.717) is 0 Å². The van der Waals surface area contributed by atoms with Crippen molar-refractivity contribution in [3.8, 4) is 0 Å². The van der Waals surface area contributed by atoms with Gasteiger partial charge in [0.15, 0.2) is 6.67 Å². The van der Waals surface area contributed by atoms with Crippen LogP contribution >= 0.6 is 0 Å². The van der Waals surface area contributed by atoms with Crippen LogP contribution in [0.2, 0.25) is 0 Å². The number of hydrogen-bond donors (Lipinski definition) is 0. The van der Waals surface area contributed by atoms with Crippen molar-refractivity contribution in [1.29, 1.82) is 0 Å². The van der Waals surface area contributed by atoms with E-state index >= 15 is 0 Å². The van der Waals surface area contributed by atoms with Crippen molar-refractivity contribution in [1.82, 2.24) is 0 Å². The molecule has 0 heterocycles. The molecule has 0 bridgehead atoms. The molecule has 0 spiro atoms. The Morgan fingerprint density at radius 3 is 1.75 bits per heavy atom. The molecule has 6 heteroatoms. The Morgan fingerprint density at radius 1 is 1.08 bits per heavy atom. The lowest BCUT2D eigenvalue weighted by Gasteiger charge is -2.24. The Bertz CT molecular complexity index is 127. The first-order valence-corrected chi connectivity index (χ1v) is 3.23. The van der Waals surface area contributed by atoms with E-state index in [1.807, 2.05) is 0 Å². The number of hydrogen-bond acceptors (Lipinski definition) is 0. The maximum absolute atomic E-state index is 12.2. The summed E-state index contributed by atoms with van der Waals surface area (Å²) in [6.07, 6.45) is -4.83. The van der Waals surface area contributed by atoms with Gasteiger partial charge in [-0.2, -0.15) is 0 Å². The minimum atomic E-state index is -4.60. The van der Waals surface area contributed by atoms with Gasteiger partial charge in [-0.25, -0.2) is 26.3 Å². The molecule has 0 aliphatic carbocycles. The van der Waals surface area contributed by atoms with Gasteiger partial charge in [-0.15, -0.1) is 0 Å². The van der Waals surface area contributed by atoms with Crippen LogP contribution in [0.15, 0.2) is 0 Å². The smallest absolute Gasteiger partial charge is 0.244 e. The van der Waals surface area contributed by atoms with Crippen molar-refractivity contribution >= 4 is 0 Å². The molecule has 0 fully saturated rings. The lowest BCUT2D eigenvalue weighted by atomic mass is 10.1. The van der Waals surface area contributed by atoms with E-state index in [0.717, 1.165) is 6.92 Å². The zero-order valence-corrected chi connectivity index (χ0v) is 6.26. The van der Waals surface area contributed by atoms with Gasteiger partial charge >= 0.3 is 5.92 Å². The summed E-state index contributed by atoms with van der Waals surface area (Å²) in [6, 6.07) is 0. The Kier molecular flexibility index (Phi) is 3.41. The normalized spacial score (nSPS) is 16.2. The SMILES string of the molecule is CCC(F)(F)[C@H](F)C(F)(F)CF. The van der Waals surface area contributed by atoms with Gasteiger partial charge in [-0.3, -0.25) is 0 Å². The molecular weight excluding hydrogens is 186 g/mol. The molecule has 0 aromatic rings. The summed E-state index contributed by atoms with van der Waals surface area (Å²) in [5.74, 6) is -8.77. The lowest BCUT2D eigenvalue weighted by molar-refractivity contribution is -0.187. The molecule has 0 N–H and O–H groups in total. The summed E-state index contributed by atoms with van der Waals surface area (Å²) >= 11 is 0. The first-order chi connectivity index (χ1) is 5.28. The number of alkyl halides is 6. The Balaban J connectivity index is 4.47. The maximum Gasteiger partial charge on any atom is 0.312 e. The highest BCUT2D eigenvalue weighted by molar-refractivity contribution is 4.87. The molecule has 0 rings (SSSR count). The van der Waals surface area contributed by atoms with Crippen molar-refractivity contribution in [2.75, 3.05) is 6.67 Å². The second-order valence-corrected chi connectivity index (χ2v) is 2.37. The molecule has 0 nitrogen and oxygen atoms in total. The standard InChI is InChI=1S/C6H8F6/c1-2-5(9,10)4(8)6(11,12)3-7/h4H,2-3H2,1H3/t4-/m0/s1. The summed E-state index contributed by atoms with van der Waals surface area (Å²) < 4.78 is 72.0. The molecule has 0 saturated heterocycles. The van der Waals surface area contributed by atoms with Crippen LogP contribution in [-0.2, 0) is 0 Å². The minimum Gasteiger partial charge on any atom is -0.244 e. The van der Waals surface area contributed by atoms with Crippen LogP contribution in [0.4, 0.5) is 26.3 Å². The monoisotopic (exact) mass is 194 g/mol. The molecule has 0 unspecified atom stereocenters. The van der Waals surface area contributed by atoms with Crippen LogP contribution in [0.25, 0.3) is 0 Å². The molecule has 0 aliphatic rings. The Labute approximate surface area is 65.6 Å². The highest BCUT2D eigenvalue weighted by atomic mass is 19.3. The number of halogens is 6. The fourth-order valence-electron chi connectivity index (χ4n) is 0.556. The highest BCUT2D eigenvalue weighted by Gasteiger charge is 2.54. The summed E-state index contributed by atoms with van der Waals surface area (Å²) in [7, 11) is 0. The van der Waals surface area contributed by atoms with Crippen molar-refractivity contribution in [3.63, 3.8) is 0 Å². The van der Waals surface area contributed by atoms with E-state index in [4.69, 9.17) is 0 Å². The molecule has 0 aromatic heterocycles. The van der Waals surface area contributed by atoms with Gasteiger partial charge < -0.3 is 0 Å². The molecule has 0 aromatic carbocycles. The van der Waals surface area contributed by atoms with Gasteiger partial charge in [0.2, 0.25) is 6.17 Å². The van der Waals surface area contributed by atoms with Gasteiger partial charge in [-0.1, -0.05) is 6.92 Å². The van der Waals surface area contributed by atoms with Crippen molar-refractivity contribution in [2.24, 2.45) is 0 Å². The predicted octanol–water partition coefficient (Wildman–Crippen LogP) is 2.97. The van der Waals surface area contributed by atoms with E-state index in [-0.39, 0.29) is 0 Å². The van der Waals surface area contributed by atoms with Crippen molar-refractivity contribution in [2.45, 2.75) is 31.4 Å². The summed E-state index contributed by atoms with van der Waals surface area (Å²) in [6.45, 7) is -1.56. The Morgan fingerprint density at radius 2 is 1.50 bits per heavy atom. The molecule has 0 saturated carbocycles. The average Bonchev–Trinajstić information content (AvgIpc) is 2.03. The average molecular weight is 194 g/mol. The first-order valence-electron chi connectivity index (χ1n) is 3.23. The van der Waals surface area contributed by atoms with Crippen LogP contribution in [0.5, 0.6) is 0 Å². The first kappa shape index (κ1) is 11.6. The Hall–Kier alpha value is -0.420. The van der Waals surface area contributed by atoms with Gasteiger partial charge in [0.05, 0.1) is 0 Å². The molecule has 0 radical (unpaired) electrons. The largest absolute Gasteiger partial charge is 0.312 e. The van der Waals surface area contributed by atoms with Gasteiger partial charge in [0.25, 0.3) is 5.92 Å². The summed E-state index contributed by atoms with van der Waals surface area (Å²) in [5.41, 5.74) is 0. The predicted molar refractivity (Wildman–Crippen MR) is 31.1 cm³/mol. The molecule has 12 heavy (non-hydrogen) atoms. The van der Waals surface area contributed by atoms with Crippen LogP contribution < -0.4 is 0 Å². The van der Waals surface area contributed by atoms with Gasteiger partial charge in [0.1, 0.15) is 0 Å². The second kappa shape index (κ2) is 3.53. The molecule has 0 amide bonds. The topological polar surface area (TPSA) is 0 Å². The second-order valence-electron chi connectivity index (χ2n) is 2.37. The quantitative estimate of drug-likeness (QED) is 0.603. The highest BCUT2D eigenvalue weighted by Crippen LogP contribution is 2.36. The van der Waals surface area contributed by atoms with E-state index in [1.54, 1.807) is 0 Å². The van der Waals surface area contributed by atoms with E-state index in [1.165, 1.54) is 0 Å². The zero-order valence-electron chi connectivity index (χ0n) is 6.26. The van der Waals surface area contributed by atoms with E-state index in [2.05, 4.69) is 0 Å². The molecule has 0 aliphatic heterocycles. The van der Waals surface area contributed by atoms with Crippen LogP contribution in [0, 0.1) is 0 Å². The van der Waals surface area contributed by atoms with Crippen molar-refractivity contribution in [3.05, 3.63) is 0 Å². The molecule has 74 valence electrons. The van der Waals surface area contributed by atoms with Crippen molar-refractivity contribution < 1.29 is 26.3 Å². The van der Waals surface area contributed by atoms with Crippen LogP contribution in [-0.4, -0.2) is 24.7 Å². The molecular formula is C6H8F6. The van der Waals surface area contributed by atoms with Crippen LogP contribution in [0.1, 0.15) is 13.3 Å². The third-order valence-electron chi connectivity index (χ3n) is 1.39. The van der Waals surface area contributed by atoms with Gasteiger partial charge in [0, 0.05) is 6.42 Å². The lowest BCUT2D eigenvalue weighted by Crippen LogP contribution is -2.45. The summed E-state index contributed by atoms with van der Waals surface area (Å²) in [4.78, 5) is 0. The fraction of sp³-hybridized carbons (Fsp3) is 1.00.